The van der Waals surface area contributed by atoms with Crippen molar-refractivity contribution in [1.29, 1.82) is 0 Å². The molecule has 1 aliphatic rings. The van der Waals surface area contributed by atoms with Crippen LogP contribution in [0.25, 0.3) is 52.9 Å². The standard InChI is InChI=1S/C81H86N2O5S2/c1-5-9-13-17-53-85-69-39-31-65(32-40-69)82(66-33-41-70(42-34-66)86-54-18-14-10-6-2)63-27-21-59(22-28-63)77-49-51-79(89-77)61-25-47-73-74-48-26-62(58-76(74)81(84)75(73)57-61)80-52-50-78(90-80)60-23-29-64(30-24-60)83(67-35-43-71(44-36-67)87-55-19-15-11-7-3)68-37-45-72(46-38-68)88-56-20-16-12-8-4/h21-52,57-58H,5-20,53-56H2,1-4H3. The number of ketones is 1. The van der Waals surface area contributed by atoms with Gasteiger partial charge in [0.05, 0.1) is 26.4 Å². The Bertz CT molecular complexity index is 3480. The van der Waals surface area contributed by atoms with Gasteiger partial charge in [-0.3, -0.25) is 4.79 Å². The van der Waals surface area contributed by atoms with E-state index < -0.39 is 0 Å². The summed E-state index contributed by atoms with van der Waals surface area (Å²) in [6.07, 6.45) is 18.8. The predicted octanol–water partition coefficient (Wildman–Crippen LogP) is 24.5. The maximum Gasteiger partial charge on any atom is 0.194 e. The van der Waals surface area contributed by atoms with Crippen molar-refractivity contribution < 1.29 is 23.7 Å². The minimum Gasteiger partial charge on any atom is -0.494 e. The van der Waals surface area contributed by atoms with Crippen LogP contribution in [0.2, 0.25) is 0 Å². The van der Waals surface area contributed by atoms with Gasteiger partial charge in [-0.1, -0.05) is 153 Å². The van der Waals surface area contributed by atoms with Crippen LogP contribution in [0.3, 0.4) is 0 Å². The maximum atomic E-state index is 14.4. The highest BCUT2D eigenvalue weighted by Gasteiger charge is 2.28. The van der Waals surface area contributed by atoms with E-state index in [-0.39, 0.29) is 5.78 Å². The second-order valence-electron chi connectivity index (χ2n) is 23.6. The van der Waals surface area contributed by atoms with Gasteiger partial charge in [0.2, 0.25) is 0 Å². The molecule has 0 aliphatic heterocycles. The predicted molar refractivity (Wildman–Crippen MR) is 381 cm³/mol. The zero-order valence-corrected chi connectivity index (χ0v) is 54.7. The number of benzene rings is 8. The first-order chi connectivity index (χ1) is 44.4. The number of rotatable bonds is 34. The van der Waals surface area contributed by atoms with Gasteiger partial charge in [-0.25, -0.2) is 0 Å². The molecule has 90 heavy (non-hydrogen) atoms. The van der Waals surface area contributed by atoms with Gasteiger partial charge in [0.15, 0.2) is 5.78 Å². The van der Waals surface area contributed by atoms with Crippen LogP contribution >= 0.6 is 22.7 Å². The van der Waals surface area contributed by atoms with Crippen LogP contribution in [-0.2, 0) is 0 Å². The first-order valence-electron chi connectivity index (χ1n) is 33.1. The summed E-state index contributed by atoms with van der Waals surface area (Å²) in [4.78, 5) is 23.6. The fourth-order valence-corrected chi connectivity index (χ4v) is 13.8. The van der Waals surface area contributed by atoms with Crippen molar-refractivity contribution in [1.82, 2.24) is 0 Å². The van der Waals surface area contributed by atoms with Crippen molar-refractivity contribution in [2.24, 2.45) is 0 Å². The molecule has 0 saturated heterocycles. The number of carbonyl (C=O) groups excluding carboxylic acids is 1. The lowest BCUT2D eigenvalue weighted by Crippen LogP contribution is -2.10. The number of hydrogen-bond donors (Lipinski definition) is 0. The Labute approximate surface area is 542 Å². The van der Waals surface area contributed by atoms with E-state index in [2.05, 4.69) is 244 Å². The molecule has 0 unspecified atom stereocenters. The lowest BCUT2D eigenvalue weighted by molar-refractivity contribution is 0.104. The van der Waals surface area contributed by atoms with Gasteiger partial charge in [0, 0.05) is 64.8 Å². The van der Waals surface area contributed by atoms with Crippen LogP contribution in [-0.4, -0.2) is 32.2 Å². The third-order valence-corrected chi connectivity index (χ3v) is 19.2. The largest absolute Gasteiger partial charge is 0.494 e. The minimum atomic E-state index is 0.0702. The Morgan fingerprint density at radius 2 is 0.511 bits per heavy atom. The average Bonchev–Trinajstić information content (AvgIpc) is 2.56. The SMILES string of the molecule is CCCCCCOc1ccc(N(c2ccc(OCCCCCC)cc2)c2ccc(-c3ccc(-c4ccc5c(c4)C(=O)c4cc(-c6ccc(-c7ccc(N(c8ccc(OCCCCCC)cc8)c8ccc(OCCCCCC)cc8)cc7)s6)ccc4-5)s3)cc2)cc1. The van der Waals surface area contributed by atoms with Gasteiger partial charge in [-0.2, -0.15) is 0 Å². The zero-order valence-electron chi connectivity index (χ0n) is 53.0. The summed E-state index contributed by atoms with van der Waals surface area (Å²) in [5, 5.41) is 0. The van der Waals surface area contributed by atoms with Gasteiger partial charge in [0.25, 0.3) is 0 Å². The molecule has 2 heterocycles. The molecule has 0 radical (unpaired) electrons. The first-order valence-corrected chi connectivity index (χ1v) is 34.8. The third kappa shape index (κ3) is 16.0. The summed E-state index contributed by atoms with van der Waals surface area (Å²) in [6, 6.07) is 73.0. The van der Waals surface area contributed by atoms with Crippen molar-refractivity contribution in [2.75, 3.05) is 36.2 Å². The van der Waals surface area contributed by atoms with Crippen LogP contribution in [0.1, 0.15) is 146 Å². The fraction of sp³-hybridized carbons (Fsp3) is 0.296. The minimum absolute atomic E-state index is 0.0702. The van der Waals surface area contributed by atoms with Gasteiger partial charge >= 0.3 is 0 Å². The van der Waals surface area contributed by atoms with Crippen molar-refractivity contribution in [2.45, 2.75) is 130 Å². The smallest absolute Gasteiger partial charge is 0.194 e. The van der Waals surface area contributed by atoms with E-state index in [9.17, 15) is 4.79 Å². The lowest BCUT2D eigenvalue weighted by atomic mass is 10.0. The Hall–Kier alpha value is -8.37. The summed E-state index contributed by atoms with van der Waals surface area (Å²) in [6.45, 7) is 11.8. The molecule has 0 atom stereocenters. The molecule has 8 aromatic carbocycles. The van der Waals surface area contributed by atoms with Crippen molar-refractivity contribution in [3.05, 3.63) is 217 Å². The Kier molecular flexibility index (Phi) is 22.4. The number of anilines is 6. The van der Waals surface area contributed by atoms with Crippen molar-refractivity contribution in [3.8, 4) is 75.9 Å². The molecule has 7 nitrogen and oxygen atoms in total. The molecule has 0 saturated carbocycles. The molecule has 462 valence electrons. The molecule has 2 aromatic heterocycles. The van der Waals surface area contributed by atoms with Crippen LogP contribution in [0, 0.1) is 0 Å². The average molecular weight is 1230 g/mol. The van der Waals surface area contributed by atoms with Crippen LogP contribution in [0.4, 0.5) is 34.1 Å². The Balaban J connectivity index is 0.764. The normalized spacial score (nSPS) is 11.6. The Morgan fingerprint density at radius 1 is 0.267 bits per heavy atom. The van der Waals surface area contributed by atoms with E-state index >= 15 is 0 Å². The van der Waals surface area contributed by atoms with Gasteiger partial charge < -0.3 is 28.7 Å². The molecule has 1 aliphatic carbocycles. The quantitative estimate of drug-likeness (QED) is 0.0373. The molecule has 9 heteroatoms. The number of ether oxygens (including phenoxy) is 4. The molecule has 10 aromatic rings. The first kappa shape index (κ1) is 63.2. The topological polar surface area (TPSA) is 60.5 Å². The fourth-order valence-electron chi connectivity index (χ4n) is 11.8. The molecule has 0 bridgehead atoms. The summed E-state index contributed by atoms with van der Waals surface area (Å²) >= 11 is 3.49. The number of unbranched alkanes of at least 4 members (excludes halogenated alkanes) is 12. The van der Waals surface area contributed by atoms with E-state index in [4.69, 9.17) is 18.9 Å². The monoisotopic (exact) mass is 1230 g/mol. The number of hydrogen-bond acceptors (Lipinski definition) is 9. The van der Waals surface area contributed by atoms with E-state index in [1.165, 1.54) is 77.0 Å². The lowest BCUT2D eigenvalue weighted by Gasteiger charge is -2.26. The molecular formula is C81H86N2O5S2. The molecular weight excluding hydrogens is 1150 g/mol. The van der Waals surface area contributed by atoms with E-state index in [1.54, 1.807) is 22.7 Å². The summed E-state index contributed by atoms with van der Waals surface area (Å²) in [5.41, 5.74) is 14.1. The molecule has 11 rings (SSSR count). The highest BCUT2D eigenvalue weighted by molar-refractivity contribution is 7.19. The van der Waals surface area contributed by atoms with Gasteiger partial charge in [-0.15, -0.1) is 22.7 Å². The van der Waals surface area contributed by atoms with E-state index in [1.807, 2.05) is 0 Å². The van der Waals surface area contributed by atoms with Gasteiger partial charge in [0.1, 0.15) is 23.0 Å². The highest BCUT2D eigenvalue weighted by atomic mass is 32.1. The van der Waals surface area contributed by atoms with Crippen LogP contribution in [0.5, 0.6) is 23.0 Å². The second-order valence-corrected chi connectivity index (χ2v) is 25.7. The van der Waals surface area contributed by atoms with Gasteiger partial charge in [-0.05, 0) is 217 Å². The number of carbonyl (C=O) groups is 1. The molecule has 0 N–H and O–H groups in total. The Morgan fingerprint density at radius 3 is 0.778 bits per heavy atom. The van der Waals surface area contributed by atoms with E-state index in [0.717, 1.165) is 173 Å². The molecule has 0 amide bonds. The van der Waals surface area contributed by atoms with Crippen molar-refractivity contribution in [3.63, 3.8) is 0 Å². The number of fused-ring (bicyclic) bond motifs is 3. The highest BCUT2D eigenvalue weighted by Crippen LogP contribution is 2.46. The number of nitrogens with zero attached hydrogens (tertiary/aromatic N) is 2. The molecule has 0 spiro atoms. The van der Waals surface area contributed by atoms with Crippen LogP contribution in [0.15, 0.2) is 206 Å². The maximum absolute atomic E-state index is 14.4. The second kappa shape index (κ2) is 31.9. The summed E-state index contributed by atoms with van der Waals surface area (Å²) in [7, 11) is 0. The summed E-state index contributed by atoms with van der Waals surface area (Å²) < 4.78 is 24.6. The van der Waals surface area contributed by atoms with Crippen molar-refractivity contribution >= 4 is 62.6 Å². The van der Waals surface area contributed by atoms with E-state index in [0.29, 0.717) is 0 Å². The summed E-state index contributed by atoms with van der Waals surface area (Å²) in [5.74, 6) is 3.62. The van der Waals surface area contributed by atoms with Crippen LogP contribution < -0.4 is 28.7 Å². The number of thiophene rings is 2. The third-order valence-electron chi connectivity index (χ3n) is 16.9. The zero-order chi connectivity index (χ0) is 61.9. The molecule has 0 fully saturated rings.